The lowest BCUT2D eigenvalue weighted by Crippen LogP contribution is -1.92. The number of hydrogen-bond acceptors (Lipinski definition) is 3. The van der Waals surface area contributed by atoms with Gasteiger partial charge in [0.2, 0.25) is 0 Å². The highest BCUT2D eigenvalue weighted by Crippen LogP contribution is 1.91. The van der Waals surface area contributed by atoms with Gasteiger partial charge < -0.3 is 10.3 Å². The first-order valence-corrected chi connectivity index (χ1v) is 2.02. The van der Waals surface area contributed by atoms with Crippen LogP contribution in [0.15, 0.2) is 17.0 Å². The van der Waals surface area contributed by atoms with E-state index in [0.717, 1.165) is 5.56 Å². The Morgan fingerprint density at radius 3 is 3.00 bits per heavy atom. The Balaban J connectivity index is 2.76. The lowest BCUT2D eigenvalue weighted by atomic mass is 10.4. The fourth-order valence-electron chi connectivity index (χ4n) is 0.327. The first-order chi connectivity index (χ1) is 3.43. The third-order valence-corrected chi connectivity index (χ3v) is 0.719. The van der Waals surface area contributed by atoms with Crippen molar-refractivity contribution in [2.24, 2.45) is 5.73 Å². The quantitative estimate of drug-likeness (QED) is 0.543. The number of nitrogens with two attached hydrogens (primary N) is 1. The van der Waals surface area contributed by atoms with Crippen LogP contribution in [0.2, 0.25) is 0 Å². The number of aromatic nitrogens is 1. The molecule has 0 aliphatic carbocycles. The van der Waals surface area contributed by atoms with Crippen LogP contribution in [0, 0.1) is 0 Å². The lowest BCUT2D eigenvalue weighted by molar-refractivity contribution is 0.419. The normalized spacial score (nSPS) is 9.29. The molecule has 0 bridgehead atoms. The summed E-state index contributed by atoms with van der Waals surface area (Å²) in [6, 6.07) is 0. The Morgan fingerprint density at radius 1 is 1.86 bits per heavy atom. The molecule has 0 fully saturated rings. The molecule has 1 aromatic rings. The zero-order valence-corrected chi connectivity index (χ0v) is 3.79. The van der Waals surface area contributed by atoms with E-state index in [0.29, 0.717) is 6.54 Å². The van der Waals surface area contributed by atoms with Gasteiger partial charge in [0.05, 0.1) is 6.20 Å². The summed E-state index contributed by atoms with van der Waals surface area (Å²) in [6.45, 7) is 0.503. The average molecular weight is 98.1 g/mol. The van der Waals surface area contributed by atoms with Gasteiger partial charge in [-0.05, 0) is 0 Å². The van der Waals surface area contributed by atoms with E-state index in [4.69, 9.17) is 5.73 Å². The van der Waals surface area contributed by atoms with Gasteiger partial charge >= 0.3 is 0 Å². The lowest BCUT2D eigenvalue weighted by Gasteiger charge is -1.75. The van der Waals surface area contributed by atoms with Crippen molar-refractivity contribution in [1.29, 1.82) is 0 Å². The maximum Gasteiger partial charge on any atom is 0.128 e. The van der Waals surface area contributed by atoms with Crippen molar-refractivity contribution in [2.45, 2.75) is 6.54 Å². The van der Waals surface area contributed by atoms with Crippen LogP contribution in [-0.4, -0.2) is 5.16 Å². The third kappa shape index (κ3) is 0.778. The molecule has 38 valence electrons. The molecule has 0 saturated carbocycles. The molecule has 3 nitrogen and oxygen atoms in total. The number of hydrogen-bond donors (Lipinski definition) is 1. The maximum atomic E-state index is 5.19. The minimum Gasteiger partial charge on any atom is -0.364 e. The predicted molar refractivity (Wildman–Crippen MR) is 24.4 cm³/mol. The van der Waals surface area contributed by atoms with Gasteiger partial charge in [-0.1, -0.05) is 5.16 Å². The molecule has 1 heterocycles. The van der Waals surface area contributed by atoms with Gasteiger partial charge in [0, 0.05) is 12.1 Å². The number of rotatable bonds is 1. The molecular formula is C4H6N2O. The topological polar surface area (TPSA) is 52.0 Å². The molecule has 0 spiro atoms. The first kappa shape index (κ1) is 4.33. The average Bonchev–Trinajstić information content (AvgIpc) is 2.14. The molecule has 0 aliphatic rings. The highest BCUT2D eigenvalue weighted by atomic mass is 16.5. The second kappa shape index (κ2) is 1.75. The molecule has 0 saturated heterocycles. The van der Waals surface area contributed by atoms with E-state index in [9.17, 15) is 0 Å². The molecule has 0 aliphatic heterocycles. The van der Waals surface area contributed by atoms with Gasteiger partial charge in [-0.15, -0.1) is 0 Å². The molecule has 0 atom stereocenters. The highest BCUT2D eigenvalue weighted by Gasteiger charge is 1.85. The Labute approximate surface area is 41.1 Å². The summed E-state index contributed by atoms with van der Waals surface area (Å²) in [6.07, 6.45) is 3.12. The molecule has 1 rings (SSSR count). The molecule has 0 aromatic carbocycles. The summed E-state index contributed by atoms with van der Waals surface area (Å²) in [4.78, 5) is 0. The van der Waals surface area contributed by atoms with E-state index in [1.54, 1.807) is 6.20 Å². The summed E-state index contributed by atoms with van der Waals surface area (Å²) in [5.41, 5.74) is 6.12. The van der Waals surface area contributed by atoms with E-state index >= 15 is 0 Å². The molecule has 0 unspecified atom stereocenters. The summed E-state index contributed by atoms with van der Waals surface area (Å²) in [5, 5.41) is 3.44. The van der Waals surface area contributed by atoms with Crippen LogP contribution in [0.3, 0.4) is 0 Å². The van der Waals surface area contributed by atoms with Crippen molar-refractivity contribution >= 4 is 0 Å². The zero-order chi connectivity index (χ0) is 5.11. The Bertz CT molecular complexity index is 124. The van der Waals surface area contributed by atoms with Gasteiger partial charge in [-0.25, -0.2) is 0 Å². The summed E-state index contributed by atoms with van der Waals surface area (Å²) in [7, 11) is 0. The molecule has 0 amide bonds. The van der Waals surface area contributed by atoms with Crippen molar-refractivity contribution in [2.75, 3.05) is 0 Å². The van der Waals surface area contributed by atoms with Crippen LogP contribution < -0.4 is 5.73 Å². The van der Waals surface area contributed by atoms with E-state index in [1.165, 1.54) is 6.26 Å². The van der Waals surface area contributed by atoms with Crippen LogP contribution >= 0.6 is 0 Å². The smallest absolute Gasteiger partial charge is 0.128 e. The van der Waals surface area contributed by atoms with Gasteiger partial charge in [0.1, 0.15) is 6.26 Å². The molecule has 3 heteroatoms. The van der Waals surface area contributed by atoms with Crippen LogP contribution in [0.25, 0.3) is 0 Å². The van der Waals surface area contributed by atoms with Crippen LogP contribution in [0.4, 0.5) is 0 Å². The largest absolute Gasteiger partial charge is 0.364 e. The SMILES string of the molecule is NCc1cnoc1. The van der Waals surface area contributed by atoms with E-state index < -0.39 is 0 Å². The van der Waals surface area contributed by atoms with Crippen molar-refractivity contribution in [3.8, 4) is 0 Å². The Hall–Kier alpha value is -0.830. The number of nitrogens with zero attached hydrogens (tertiary/aromatic N) is 1. The Morgan fingerprint density at radius 2 is 2.71 bits per heavy atom. The minimum absolute atomic E-state index is 0.503. The predicted octanol–water partition coefficient (Wildman–Crippen LogP) is 0.133. The second-order valence-corrected chi connectivity index (χ2v) is 1.24. The third-order valence-electron chi connectivity index (χ3n) is 0.719. The molecule has 2 N–H and O–H groups in total. The molecule has 1 aromatic heterocycles. The van der Waals surface area contributed by atoms with Crippen molar-refractivity contribution in [1.82, 2.24) is 5.16 Å². The summed E-state index contributed by atoms with van der Waals surface area (Å²) < 4.78 is 4.48. The summed E-state index contributed by atoms with van der Waals surface area (Å²) >= 11 is 0. The van der Waals surface area contributed by atoms with Crippen LogP contribution in [0.1, 0.15) is 5.56 Å². The molecule has 0 radical (unpaired) electrons. The van der Waals surface area contributed by atoms with Gasteiger partial charge in [0.25, 0.3) is 0 Å². The molecular weight excluding hydrogens is 92.1 g/mol. The van der Waals surface area contributed by atoms with Crippen LogP contribution in [0.5, 0.6) is 0 Å². The van der Waals surface area contributed by atoms with Gasteiger partial charge in [0.15, 0.2) is 0 Å². The van der Waals surface area contributed by atoms with Gasteiger partial charge in [-0.3, -0.25) is 0 Å². The maximum absolute atomic E-state index is 5.19. The minimum atomic E-state index is 0.503. The van der Waals surface area contributed by atoms with E-state index in [-0.39, 0.29) is 0 Å². The van der Waals surface area contributed by atoms with E-state index in [1.807, 2.05) is 0 Å². The zero-order valence-electron chi connectivity index (χ0n) is 3.79. The van der Waals surface area contributed by atoms with Crippen molar-refractivity contribution in [3.63, 3.8) is 0 Å². The highest BCUT2D eigenvalue weighted by molar-refractivity contribution is 4.97. The fraction of sp³-hybridized carbons (Fsp3) is 0.250. The fourth-order valence-corrected chi connectivity index (χ4v) is 0.327. The standard InChI is InChI=1S/C4H6N2O/c5-1-4-2-6-7-3-4/h2-3H,1,5H2. The van der Waals surface area contributed by atoms with Crippen molar-refractivity contribution in [3.05, 3.63) is 18.0 Å². The molecule has 7 heavy (non-hydrogen) atoms. The first-order valence-electron chi connectivity index (χ1n) is 2.02. The Kier molecular flexibility index (Phi) is 1.08. The van der Waals surface area contributed by atoms with E-state index in [2.05, 4.69) is 9.68 Å². The second-order valence-electron chi connectivity index (χ2n) is 1.24. The van der Waals surface area contributed by atoms with Crippen LogP contribution in [-0.2, 0) is 6.54 Å². The van der Waals surface area contributed by atoms with Crippen molar-refractivity contribution < 1.29 is 4.52 Å². The monoisotopic (exact) mass is 98.0 g/mol. The summed E-state index contributed by atoms with van der Waals surface area (Å²) in [5.74, 6) is 0. The van der Waals surface area contributed by atoms with Gasteiger partial charge in [-0.2, -0.15) is 0 Å².